The van der Waals surface area contributed by atoms with Crippen molar-refractivity contribution in [1.82, 2.24) is 20.3 Å². The average molecular weight is 488 g/mol. The van der Waals surface area contributed by atoms with Crippen LogP contribution in [0.25, 0.3) is 0 Å². The Morgan fingerprint density at radius 1 is 1.26 bits per heavy atom. The van der Waals surface area contributed by atoms with E-state index in [1.807, 2.05) is 0 Å². The number of hydrogen-bond acceptors (Lipinski definition) is 9. The zero-order valence-corrected chi connectivity index (χ0v) is 19.6. The Balaban J connectivity index is 0.00000432. The monoisotopic (exact) mass is 487 g/mol. The Labute approximate surface area is 198 Å². The molecule has 2 heterocycles. The molecule has 0 aliphatic carbocycles. The third-order valence-electron chi connectivity index (χ3n) is 4.14. The number of methoxy groups -OCH3 is 1. The molecule has 0 spiro atoms. The first-order valence-corrected chi connectivity index (χ1v) is 12.3. The van der Waals surface area contributed by atoms with Crippen molar-refractivity contribution in [3.63, 3.8) is 0 Å². The van der Waals surface area contributed by atoms with Crippen molar-refractivity contribution in [3.8, 4) is 5.75 Å². The van der Waals surface area contributed by atoms with E-state index in [9.17, 15) is 13.4 Å². The summed E-state index contributed by atoms with van der Waals surface area (Å²) in [6.45, 7) is 3.84. The van der Waals surface area contributed by atoms with Crippen molar-refractivity contribution < 1.29 is 19.6 Å². The summed E-state index contributed by atoms with van der Waals surface area (Å²) in [5.41, 5.74) is 0.635. The van der Waals surface area contributed by atoms with Crippen LogP contribution in [0.5, 0.6) is 5.75 Å². The maximum absolute atomic E-state index is 13.7. The van der Waals surface area contributed by atoms with Gasteiger partial charge in [0.05, 0.1) is 7.11 Å². The zero-order chi connectivity index (χ0) is 24.7. The molecular weight excluding hydrogens is 461 g/mol. The predicted molar refractivity (Wildman–Crippen MR) is 133 cm³/mol. The van der Waals surface area contributed by atoms with Crippen molar-refractivity contribution >= 4 is 44.7 Å². The number of pyridine rings is 1. The molecule has 0 radical (unpaired) electrons. The summed E-state index contributed by atoms with van der Waals surface area (Å²) in [7, 11) is -1.05. The highest BCUT2D eigenvalue weighted by molar-refractivity contribution is 7.92. The summed E-state index contributed by atoms with van der Waals surface area (Å²) >= 11 is 0. The molecule has 0 saturated carbocycles. The maximum atomic E-state index is 13.7. The number of aromatic nitrogens is 3. The van der Waals surface area contributed by atoms with Gasteiger partial charge in [-0.1, -0.05) is 12.1 Å². The molecule has 0 aliphatic heterocycles. The molecule has 3 rings (SSSR count). The van der Waals surface area contributed by atoms with Gasteiger partial charge in [0.15, 0.2) is 17.4 Å². The molecule has 0 aliphatic rings. The standard InChI is InChI=1S/C22H24FN7O3S.H2/c1-5-11-24-21(31)15-13-25-22(26-14-9-10-16(23)17(12-14)33-2)29-20(15)28-18-7-6-8-19(27-18)30-34(3,4)32;/h5-10,12-13H,1,11H2,2-4H3,(H,24,31)(H2,25,26,27,28,29);1H. The predicted octanol–water partition coefficient (Wildman–Crippen LogP) is 4.03. The van der Waals surface area contributed by atoms with Crippen LogP contribution in [0.2, 0.25) is 0 Å². The molecule has 3 N–H and O–H groups in total. The number of nitrogens with zero attached hydrogens (tertiary/aromatic N) is 4. The van der Waals surface area contributed by atoms with Crippen LogP contribution in [0.3, 0.4) is 0 Å². The van der Waals surface area contributed by atoms with E-state index in [2.05, 4.69) is 41.8 Å². The fourth-order valence-corrected chi connectivity index (χ4v) is 3.27. The van der Waals surface area contributed by atoms with Gasteiger partial charge in [0, 0.05) is 48.2 Å². The summed E-state index contributed by atoms with van der Waals surface area (Å²) in [4.78, 5) is 25.5. The lowest BCUT2D eigenvalue weighted by Crippen LogP contribution is -2.25. The minimum atomic E-state index is -2.41. The van der Waals surface area contributed by atoms with E-state index < -0.39 is 21.5 Å². The Hall–Kier alpha value is -4.06. The maximum Gasteiger partial charge on any atom is 0.256 e. The average Bonchev–Trinajstić information content (AvgIpc) is 2.78. The van der Waals surface area contributed by atoms with Crippen LogP contribution in [0.15, 0.2) is 59.6 Å². The van der Waals surface area contributed by atoms with E-state index >= 15 is 0 Å². The summed E-state index contributed by atoms with van der Waals surface area (Å²) < 4.78 is 34.8. The highest BCUT2D eigenvalue weighted by Crippen LogP contribution is 2.25. The quantitative estimate of drug-likeness (QED) is 0.386. The van der Waals surface area contributed by atoms with Crippen molar-refractivity contribution in [1.29, 1.82) is 0 Å². The van der Waals surface area contributed by atoms with Gasteiger partial charge in [0.2, 0.25) is 5.95 Å². The molecule has 1 aromatic carbocycles. The molecule has 3 aromatic rings. The summed E-state index contributed by atoms with van der Waals surface area (Å²) in [5, 5.41) is 8.61. The number of anilines is 4. The van der Waals surface area contributed by atoms with Crippen molar-refractivity contribution in [2.24, 2.45) is 4.36 Å². The van der Waals surface area contributed by atoms with Gasteiger partial charge in [0.1, 0.15) is 17.2 Å². The number of rotatable bonds is 9. The highest BCUT2D eigenvalue weighted by atomic mass is 32.2. The van der Waals surface area contributed by atoms with Gasteiger partial charge < -0.3 is 20.7 Å². The minimum Gasteiger partial charge on any atom is -0.494 e. The Morgan fingerprint density at radius 2 is 2.06 bits per heavy atom. The summed E-state index contributed by atoms with van der Waals surface area (Å²) in [5.74, 6) is 0.0125. The van der Waals surface area contributed by atoms with Gasteiger partial charge in [-0.15, -0.1) is 6.58 Å². The SMILES string of the molecule is C=CCNC(=O)c1cnc(Nc2ccc(F)c(OC)c2)nc1Nc1cccc(N=S(C)(C)=O)n1.[HH]. The number of nitrogens with one attached hydrogen (secondary N) is 3. The molecule has 10 nitrogen and oxygen atoms in total. The van der Waals surface area contributed by atoms with Crippen LogP contribution in [-0.2, 0) is 9.73 Å². The summed E-state index contributed by atoms with van der Waals surface area (Å²) in [6.07, 6.45) is 5.90. The first kappa shape index (κ1) is 24.6. The largest absolute Gasteiger partial charge is 0.494 e. The second-order valence-electron chi connectivity index (χ2n) is 7.21. The summed E-state index contributed by atoms with van der Waals surface area (Å²) in [6, 6.07) is 9.15. The van der Waals surface area contributed by atoms with Crippen molar-refractivity contribution in [3.05, 3.63) is 66.6 Å². The van der Waals surface area contributed by atoms with E-state index in [0.717, 1.165) is 0 Å². The molecule has 1 amide bonds. The number of amides is 1. The second kappa shape index (κ2) is 10.7. The van der Waals surface area contributed by atoms with Crippen LogP contribution in [-0.4, -0.2) is 51.2 Å². The molecule has 0 unspecified atom stereocenters. The number of carbonyl (C=O) groups is 1. The molecular formula is C22H26FN7O3S. The lowest BCUT2D eigenvalue weighted by molar-refractivity contribution is 0.0958. The Kier molecular flexibility index (Phi) is 7.74. The van der Waals surface area contributed by atoms with Gasteiger partial charge >= 0.3 is 0 Å². The van der Waals surface area contributed by atoms with Crippen LogP contribution in [0.1, 0.15) is 11.8 Å². The van der Waals surface area contributed by atoms with Gasteiger partial charge in [-0.3, -0.25) is 4.79 Å². The van der Waals surface area contributed by atoms with Gasteiger partial charge in [-0.2, -0.15) is 9.35 Å². The molecule has 0 fully saturated rings. The Morgan fingerprint density at radius 3 is 2.76 bits per heavy atom. The van der Waals surface area contributed by atoms with Crippen LogP contribution in [0, 0.1) is 5.82 Å². The van der Waals surface area contributed by atoms with E-state index in [4.69, 9.17) is 4.74 Å². The topological polar surface area (TPSA) is 130 Å². The third kappa shape index (κ3) is 6.72. The molecule has 0 bridgehead atoms. The molecule has 12 heteroatoms. The number of ether oxygens (including phenoxy) is 1. The van der Waals surface area contributed by atoms with Gasteiger partial charge in [-0.05, 0) is 24.3 Å². The van der Waals surface area contributed by atoms with Gasteiger partial charge in [0.25, 0.3) is 5.91 Å². The minimum absolute atomic E-state index is 0. The van der Waals surface area contributed by atoms with E-state index in [-0.39, 0.29) is 36.9 Å². The third-order valence-corrected chi connectivity index (χ3v) is 4.77. The van der Waals surface area contributed by atoms with Crippen LogP contribution in [0.4, 0.5) is 33.5 Å². The smallest absolute Gasteiger partial charge is 0.256 e. The van der Waals surface area contributed by atoms with Gasteiger partial charge in [-0.25, -0.2) is 18.6 Å². The normalized spacial score (nSPS) is 10.8. The fraction of sp³-hybridized carbons (Fsp3) is 0.182. The first-order chi connectivity index (χ1) is 16.2. The van der Waals surface area contributed by atoms with E-state index in [1.54, 1.807) is 24.3 Å². The van der Waals surface area contributed by atoms with Crippen LogP contribution < -0.4 is 20.7 Å². The fourth-order valence-electron chi connectivity index (χ4n) is 2.72. The number of carbonyl (C=O) groups excluding carboxylic acids is 1. The molecule has 0 atom stereocenters. The second-order valence-corrected chi connectivity index (χ2v) is 9.75. The highest BCUT2D eigenvalue weighted by Gasteiger charge is 2.16. The molecule has 180 valence electrons. The van der Waals surface area contributed by atoms with Crippen LogP contribution >= 0.6 is 0 Å². The van der Waals surface area contributed by atoms with E-state index in [1.165, 1.54) is 44.0 Å². The number of hydrogen-bond donors (Lipinski definition) is 3. The lowest BCUT2D eigenvalue weighted by atomic mass is 10.2. The zero-order valence-electron chi connectivity index (χ0n) is 18.8. The number of halogens is 1. The number of benzene rings is 1. The lowest BCUT2D eigenvalue weighted by Gasteiger charge is -2.13. The van der Waals surface area contributed by atoms with Crippen molar-refractivity contribution in [2.45, 2.75) is 0 Å². The molecule has 34 heavy (non-hydrogen) atoms. The molecule has 2 aromatic heterocycles. The van der Waals surface area contributed by atoms with Crippen molar-refractivity contribution in [2.75, 3.05) is 36.8 Å². The first-order valence-electron chi connectivity index (χ1n) is 9.96. The Bertz CT molecular complexity index is 1340. The molecule has 0 saturated heterocycles. The van der Waals surface area contributed by atoms with E-state index in [0.29, 0.717) is 11.5 Å².